The predicted octanol–water partition coefficient (Wildman–Crippen LogP) is 1.40. The van der Waals surface area contributed by atoms with Crippen LogP contribution in [0.5, 0.6) is 0 Å². The van der Waals surface area contributed by atoms with E-state index >= 15 is 0 Å². The molecule has 0 fully saturated rings. The van der Waals surface area contributed by atoms with Crippen LogP contribution in [0, 0.1) is 10.1 Å². The van der Waals surface area contributed by atoms with Gasteiger partial charge in [-0.25, -0.2) is 8.42 Å². The summed E-state index contributed by atoms with van der Waals surface area (Å²) in [6.45, 7) is 1.40. The highest BCUT2D eigenvalue weighted by atomic mass is 32.2. The van der Waals surface area contributed by atoms with Gasteiger partial charge in [-0.2, -0.15) is 0 Å². The van der Waals surface area contributed by atoms with Crippen molar-refractivity contribution in [2.75, 3.05) is 5.75 Å². The van der Waals surface area contributed by atoms with E-state index < -0.39 is 20.1 Å². The first-order chi connectivity index (χ1) is 6.99. The lowest BCUT2D eigenvalue weighted by Crippen LogP contribution is -2.22. The van der Waals surface area contributed by atoms with Crippen LogP contribution in [-0.2, 0) is 9.84 Å². The van der Waals surface area contributed by atoms with Gasteiger partial charge in [0.05, 0.1) is 5.75 Å². The smallest absolute Gasteiger partial charge is 0.263 e. The third kappa shape index (κ3) is 2.53. The molecule has 0 saturated carbocycles. The zero-order chi connectivity index (χ0) is 11.5. The molecule has 15 heavy (non-hydrogen) atoms. The monoisotopic (exact) mass is 229 g/mol. The van der Waals surface area contributed by atoms with Crippen molar-refractivity contribution in [1.29, 1.82) is 0 Å². The van der Waals surface area contributed by atoms with Gasteiger partial charge in [0, 0.05) is 10.5 Å². The quantitative estimate of drug-likeness (QED) is 0.577. The number of hydrogen-bond acceptors (Lipinski definition) is 4. The van der Waals surface area contributed by atoms with Gasteiger partial charge in [-0.15, -0.1) is 0 Å². The zero-order valence-corrected chi connectivity index (χ0v) is 8.98. The minimum absolute atomic E-state index is 0.198. The molecule has 1 atom stereocenters. The third-order valence-corrected chi connectivity index (χ3v) is 3.95. The molecule has 0 amide bonds. The van der Waals surface area contributed by atoms with Gasteiger partial charge in [0.15, 0.2) is 0 Å². The van der Waals surface area contributed by atoms with Crippen molar-refractivity contribution in [2.45, 2.75) is 12.3 Å². The Hall–Kier alpha value is -1.43. The molecule has 0 aliphatic carbocycles. The minimum Gasteiger partial charge on any atom is -0.263 e. The zero-order valence-electron chi connectivity index (χ0n) is 8.16. The van der Waals surface area contributed by atoms with E-state index in [1.807, 2.05) is 0 Å². The van der Waals surface area contributed by atoms with E-state index in [2.05, 4.69) is 0 Å². The molecule has 0 N–H and O–H groups in total. The van der Waals surface area contributed by atoms with Crippen LogP contribution in [0.2, 0.25) is 0 Å². The van der Waals surface area contributed by atoms with Crippen LogP contribution in [0.1, 0.15) is 17.9 Å². The Labute approximate surface area is 87.8 Å². The Morgan fingerprint density at radius 2 is 1.87 bits per heavy atom. The van der Waals surface area contributed by atoms with Gasteiger partial charge in [-0.1, -0.05) is 37.3 Å². The molecule has 1 aromatic rings. The maximum absolute atomic E-state index is 11.5. The standard InChI is InChI=1S/C9H11NO4S/c1-2-15(13,14)9(10(11)12)8-6-4-3-5-7-8/h3-7,9H,2H2,1H3. The summed E-state index contributed by atoms with van der Waals surface area (Å²) < 4.78 is 23.0. The molecule has 0 heterocycles. The fourth-order valence-electron chi connectivity index (χ4n) is 1.24. The molecule has 1 aromatic carbocycles. The molecular formula is C9H11NO4S. The summed E-state index contributed by atoms with van der Waals surface area (Å²) in [6.07, 6.45) is 0. The molecule has 0 aliphatic rings. The first-order valence-electron chi connectivity index (χ1n) is 4.39. The molecule has 0 radical (unpaired) electrons. The summed E-state index contributed by atoms with van der Waals surface area (Å²) in [6, 6.07) is 7.73. The average Bonchev–Trinajstić information content (AvgIpc) is 2.18. The van der Waals surface area contributed by atoms with E-state index in [-0.39, 0.29) is 11.3 Å². The van der Waals surface area contributed by atoms with Crippen molar-refractivity contribution in [3.05, 3.63) is 46.0 Å². The molecule has 0 spiro atoms. The van der Waals surface area contributed by atoms with Crippen molar-refractivity contribution in [1.82, 2.24) is 0 Å². The van der Waals surface area contributed by atoms with Crippen molar-refractivity contribution >= 4 is 9.84 Å². The van der Waals surface area contributed by atoms with Crippen LogP contribution in [0.15, 0.2) is 30.3 Å². The second kappa shape index (κ2) is 4.39. The van der Waals surface area contributed by atoms with E-state index in [0.717, 1.165) is 0 Å². The molecular weight excluding hydrogens is 218 g/mol. The SMILES string of the molecule is CCS(=O)(=O)C(c1ccccc1)[N+](=O)[O-]. The summed E-state index contributed by atoms with van der Waals surface area (Å²) >= 11 is 0. The van der Waals surface area contributed by atoms with Gasteiger partial charge < -0.3 is 0 Å². The Morgan fingerprint density at radius 1 is 1.33 bits per heavy atom. The van der Waals surface area contributed by atoms with Crippen LogP contribution in [0.4, 0.5) is 0 Å². The lowest BCUT2D eigenvalue weighted by atomic mass is 10.2. The highest BCUT2D eigenvalue weighted by molar-refractivity contribution is 7.91. The lowest BCUT2D eigenvalue weighted by molar-refractivity contribution is -0.502. The predicted molar refractivity (Wildman–Crippen MR) is 55.6 cm³/mol. The second-order valence-corrected chi connectivity index (χ2v) is 5.35. The summed E-state index contributed by atoms with van der Waals surface area (Å²) in [5, 5.41) is 9.08. The van der Waals surface area contributed by atoms with Crippen LogP contribution in [-0.4, -0.2) is 19.1 Å². The topological polar surface area (TPSA) is 77.3 Å². The van der Waals surface area contributed by atoms with E-state index in [9.17, 15) is 18.5 Å². The maximum Gasteiger partial charge on any atom is 0.335 e. The number of hydrogen-bond donors (Lipinski definition) is 0. The Bertz CT molecular complexity index is 440. The largest absolute Gasteiger partial charge is 0.335 e. The van der Waals surface area contributed by atoms with Crippen LogP contribution in [0.3, 0.4) is 0 Å². The minimum atomic E-state index is -3.71. The van der Waals surface area contributed by atoms with Gasteiger partial charge in [0.1, 0.15) is 0 Å². The fourth-order valence-corrected chi connectivity index (χ4v) is 2.39. The highest BCUT2D eigenvalue weighted by Gasteiger charge is 2.35. The molecule has 0 aliphatic heterocycles. The lowest BCUT2D eigenvalue weighted by Gasteiger charge is -2.08. The fraction of sp³-hybridized carbons (Fsp3) is 0.333. The van der Waals surface area contributed by atoms with Gasteiger partial charge in [0.25, 0.3) is 0 Å². The summed E-state index contributed by atoms with van der Waals surface area (Å²) in [4.78, 5) is 9.96. The molecule has 0 aromatic heterocycles. The molecule has 1 unspecified atom stereocenters. The Kier molecular flexibility index (Phi) is 3.41. The number of nitrogens with zero attached hydrogens (tertiary/aromatic N) is 1. The Morgan fingerprint density at radius 3 is 2.27 bits per heavy atom. The van der Waals surface area contributed by atoms with Gasteiger partial charge in [0.2, 0.25) is 9.84 Å². The molecule has 0 saturated heterocycles. The normalized spacial score (nSPS) is 13.4. The molecule has 6 heteroatoms. The van der Waals surface area contributed by atoms with Gasteiger partial charge in [-0.3, -0.25) is 10.1 Å². The number of benzene rings is 1. The van der Waals surface area contributed by atoms with Gasteiger partial charge >= 0.3 is 5.37 Å². The second-order valence-electron chi connectivity index (χ2n) is 3.00. The van der Waals surface area contributed by atoms with Crippen molar-refractivity contribution < 1.29 is 13.3 Å². The van der Waals surface area contributed by atoms with E-state index in [1.165, 1.54) is 19.1 Å². The summed E-state index contributed by atoms with van der Waals surface area (Å²) in [5.41, 5.74) is 0.198. The third-order valence-electron chi connectivity index (χ3n) is 2.02. The summed E-state index contributed by atoms with van der Waals surface area (Å²) in [5.74, 6) is -0.243. The number of rotatable bonds is 4. The maximum atomic E-state index is 11.5. The Balaban J connectivity index is 3.23. The van der Waals surface area contributed by atoms with Crippen LogP contribution < -0.4 is 0 Å². The molecule has 5 nitrogen and oxygen atoms in total. The number of nitro groups is 1. The van der Waals surface area contributed by atoms with Crippen LogP contribution in [0.25, 0.3) is 0 Å². The molecule has 82 valence electrons. The van der Waals surface area contributed by atoms with Gasteiger partial charge in [-0.05, 0) is 0 Å². The first-order valence-corrected chi connectivity index (χ1v) is 6.10. The number of sulfone groups is 1. The molecule has 1 rings (SSSR count). The van der Waals surface area contributed by atoms with Crippen LogP contribution >= 0.6 is 0 Å². The highest BCUT2D eigenvalue weighted by Crippen LogP contribution is 2.23. The molecule has 0 bridgehead atoms. The summed E-state index contributed by atoms with van der Waals surface area (Å²) in [7, 11) is -3.71. The van der Waals surface area contributed by atoms with E-state index in [0.29, 0.717) is 0 Å². The van der Waals surface area contributed by atoms with Crippen molar-refractivity contribution in [3.63, 3.8) is 0 Å². The van der Waals surface area contributed by atoms with Crippen molar-refractivity contribution in [2.24, 2.45) is 0 Å². The van der Waals surface area contributed by atoms with E-state index in [1.54, 1.807) is 18.2 Å². The average molecular weight is 229 g/mol. The van der Waals surface area contributed by atoms with E-state index in [4.69, 9.17) is 0 Å². The van der Waals surface area contributed by atoms with Crippen molar-refractivity contribution in [3.8, 4) is 0 Å². The first kappa shape index (κ1) is 11.6.